The third kappa shape index (κ3) is 2.61. The molecular weight excluding hydrogens is 322 g/mol. The minimum Gasteiger partial charge on any atom is -0.320 e. The van der Waals surface area contributed by atoms with Gasteiger partial charge < -0.3 is 5.73 Å². The third-order valence-corrected chi connectivity index (χ3v) is 4.94. The molecule has 3 aromatic rings. The first-order valence-electron chi connectivity index (χ1n) is 7.08. The van der Waals surface area contributed by atoms with Gasteiger partial charge in [0.05, 0.1) is 6.04 Å². The molecular formula is C19H18BrN. The van der Waals surface area contributed by atoms with Crippen LogP contribution in [0, 0.1) is 13.8 Å². The van der Waals surface area contributed by atoms with Crippen molar-refractivity contribution in [2.45, 2.75) is 19.9 Å². The van der Waals surface area contributed by atoms with Gasteiger partial charge in [0.15, 0.2) is 0 Å². The van der Waals surface area contributed by atoms with Gasteiger partial charge in [0.2, 0.25) is 0 Å². The van der Waals surface area contributed by atoms with E-state index in [0.29, 0.717) is 0 Å². The van der Waals surface area contributed by atoms with E-state index >= 15 is 0 Å². The Morgan fingerprint density at radius 3 is 2.29 bits per heavy atom. The molecule has 0 aliphatic heterocycles. The number of nitrogens with two attached hydrogens (primary N) is 1. The van der Waals surface area contributed by atoms with Crippen molar-refractivity contribution in [3.63, 3.8) is 0 Å². The maximum absolute atomic E-state index is 6.54. The second-order valence-electron chi connectivity index (χ2n) is 5.50. The summed E-state index contributed by atoms with van der Waals surface area (Å²) in [6.45, 7) is 4.23. The summed E-state index contributed by atoms with van der Waals surface area (Å²) in [4.78, 5) is 0. The molecule has 1 nitrogen and oxygen atoms in total. The van der Waals surface area contributed by atoms with Crippen molar-refractivity contribution < 1.29 is 0 Å². The van der Waals surface area contributed by atoms with Crippen molar-refractivity contribution in [3.8, 4) is 0 Å². The fraction of sp³-hybridized carbons (Fsp3) is 0.158. The quantitative estimate of drug-likeness (QED) is 0.676. The molecule has 0 bridgehead atoms. The summed E-state index contributed by atoms with van der Waals surface area (Å²) in [5, 5.41) is 2.52. The highest BCUT2D eigenvalue weighted by atomic mass is 79.9. The van der Waals surface area contributed by atoms with Crippen LogP contribution in [-0.2, 0) is 0 Å². The summed E-state index contributed by atoms with van der Waals surface area (Å²) >= 11 is 3.54. The first kappa shape index (κ1) is 14.3. The molecule has 3 rings (SSSR count). The Kier molecular flexibility index (Phi) is 3.83. The van der Waals surface area contributed by atoms with Crippen molar-refractivity contribution >= 4 is 26.7 Å². The molecule has 106 valence electrons. The Labute approximate surface area is 133 Å². The summed E-state index contributed by atoms with van der Waals surface area (Å²) in [5.74, 6) is 0. The van der Waals surface area contributed by atoms with Crippen molar-refractivity contribution in [1.29, 1.82) is 0 Å². The lowest BCUT2D eigenvalue weighted by molar-refractivity contribution is 0.878. The number of hydrogen-bond acceptors (Lipinski definition) is 1. The standard InChI is InChI=1S/C19H18BrN/c1-12-7-9-17(16-6-4-3-5-15(12)16)19(21)14-8-10-18(20)13(2)11-14/h3-11,19H,21H2,1-2H3. The van der Waals surface area contributed by atoms with E-state index in [-0.39, 0.29) is 6.04 Å². The first-order valence-corrected chi connectivity index (χ1v) is 7.87. The molecule has 0 radical (unpaired) electrons. The Balaban J connectivity index is 2.15. The van der Waals surface area contributed by atoms with Gasteiger partial charge in [-0.05, 0) is 52.9 Å². The number of benzene rings is 3. The zero-order valence-corrected chi connectivity index (χ0v) is 13.8. The normalized spacial score (nSPS) is 12.6. The molecule has 21 heavy (non-hydrogen) atoms. The number of fused-ring (bicyclic) bond motifs is 1. The van der Waals surface area contributed by atoms with Crippen LogP contribution in [-0.4, -0.2) is 0 Å². The van der Waals surface area contributed by atoms with Gasteiger partial charge in [0.25, 0.3) is 0 Å². The maximum Gasteiger partial charge on any atom is 0.0557 e. The van der Waals surface area contributed by atoms with Crippen molar-refractivity contribution in [2.24, 2.45) is 5.73 Å². The monoisotopic (exact) mass is 339 g/mol. The molecule has 0 heterocycles. The zero-order chi connectivity index (χ0) is 15.0. The van der Waals surface area contributed by atoms with E-state index in [1.807, 2.05) is 0 Å². The van der Waals surface area contributed by atoms with Crippen molar-refractivity contribution in [1.82, 2.24) is 0 Å². The molecule has 0 aliphatic carbocycles. The van der Waals surface area contributed by atoms with E-state index < -0.39 is 0 Å². The summed E-state index contributed by atoms with van der Waals surface area (Å²) in [6.07, 6.45) is 0. The van der Waals surface area contributed by atoms with Crippen LogP contribution in [0.5, 0.6) is 0 Å². The number of rotatable bonds is 2. The number of aryl methyl sites for hydroxylation is 2. The maximum atomic E-state index is 6.54. The van der Waals surface area contributed by atoms with Gasteiger partial charge in [-0.2, -0.15) is 0 Å². The lowest BCUT2D eigenvalue weighted by atomic mass is 9.92. The molecule has 0 aromatic heterocycles. The van der Waals surface area contributed by atoms with Crippen LogP contribution in [0.25, 0.3) is 10.8 Å². The van der Waals surface area contributed by atoms with Crippen LogP contribution >= 0.6 is 15.9 Å². The van der Waals surface area contributed by atoms with Crippen molar-refractivity contribution in [3.05, 3.63) is 81.3 Å². The molecule has 0 saturated heterocycles. The van der Waals surface area contributed by atoms with Crippen molar-refractivity contribution in [2.75, 3.05) is 0 Å². The first-order chi connectivity index (χ1) is 10.1. The molecule has 1 unspecified atom stereocenters. The SMILES string of the molecule is Cc1cc(C(N)c2ccc(C)c3ccccc23)ccc1Br. The highest BCUT2D eigenvalue weighted by Gasteiger charge is 2.13. The minimum absolute atomic E-state index is 0.109. The summed E-state index contributed by atoms with van der Waals surface area (Å²) < 4.78 is 1.12. The zero-order valence-electron chi connectivity index (χ0n) is 12.2. The van der Waals surface area contributed by atoms with Crippen LogP contribution in [0.3, 0.4) is 0 Å². The van der Waals surface area contributed by atoms with E-state index in [1.165, 1.54) is 27.5 Å². The van der Waals surface area contributed by atoms with Crippen LogP contribution in [0.2, 0.25) is 0 Å². The predicted molar refractivity (Wildman–Crippen MR) is 93.6 cm³/mol. The lowest BCUT2D eigenvalue weighted by Gasteiger charge is -2.17. The van der Waals surface area contributed by atoms with E-state index in [0.717, 1.165) is 10.0 Å². The molecule has 3 aromatic carbocycles. The van der Waals surface area contributed by atoms with Gasteiger partial charge in [-0.1, -0.05) is 64.5 Å². The summed E-state index contributed by atoms with van der Waals surface area (Å²) in [7, 11) is 0. The Morgan fingerprint density at radius 2 is 1.57 bits per heavy atom. The van der Waals surface area contributed by atoms with Gasteiger partial charge in [0, 0.05) is 4.47 Å². The molecule has 0 fully saturated rings. The van der Waals surface area contributed by atoms with Crippen LogP contribution in [0.1, 0.15) is 28.3 Å². The van der Waals surface area contributed by atoms with Gasteiger partial charge >= 0.3 is 0 Å². The topological polar surface area (TPSA) is 26.0 Å². The Morgan fingerprint density at radius 1 is 0.857 bits per heavy atom. The molecule has 2 N–H and O–H groups in total. The summed E-state index contributed by atoms with van der Waals surface area (Å²) in [5.41, 5.74) is 11.4. The average molecular weight is 340 g/mol. The van der Waals surface area contributed by atoms with E-state index in [9.17, 15) is 0 Å². The molecule has 0 saturated carbocycles. The number of hydrogen-bond donors (Lipinski definition) is 1. The van der Waals surface area contributed by atoms with Crippen LogP contribution in [0.15, 0.2) is 59.1 Å². The van der Waals surface area contributed by atoms with Gasteiger partial charge in [0.1, 0.15) is 0 Å². The molecule has 2 heteroatoms. The fourth-order valence-electron chi connectivity index (χ4n) is 2.79. The van der Waals surface area contributed by atoms with Crippen LogP contribution in [0.4, 0.5) is 0 Å². The van der Waals surface area contributed by atoms with Gasteiger partial charge in [-0.25, -0.2) is 0 Å². The highest BCUT2D eigenvalue weighted by Crippen LogP contribution is 2.30. The Bertz CT molecular complexity index is 808. The molecule has 0 amide bonds. The van der Waals surface area contributed by atoms with E-state index in [4.69, 9.17) is 5.73 Å². The predicted octanol–water partition coefficient (Wildman–Crippen LogP) is 5.27. The number of halogens is 1. The minimum atomic E-state index is -0.109. The van der Waals surface area contributed by atoms with E-state index in [1.54, 1.807) is 0 Å². The average Bonchev–Trinajstić information content (AvgIpc) is 2.50. The van der Waals surface area contributed by atoms with E-state index in [2.05, 4.69) is 84.4 Å². The van der Waals surface area contributed by atoms with Gasteiger partial charge in [-0.15, -0.1) is 0 Å². The second kappa shape index (κ2) is 5.63. The summed E-state index contributed by atoms with van der Waals surface area (Å²) in [6, 6.07) is 19.0. The largest absolute Gasteiger partial charge is 0.320 e. The molecule has 0 spiro atoms. The van der Waals surface area contributed by atoms with Gasteiger partial charge in [-0.3, -0.25) is 0 Å². The van der Waals surface area contributed by atoms with Crippen LogP contribution < -0.4 is 5.73 Å². The third-order valence-electron chi connectivity index (χ3n) is 4.05. The molecule has 1 atom stereocenters. The molecule has 0 aliphatic rings. The smallest absolute Gasteiger partial charge is 0.0557 e. The Hall–Kier alpha value is -1.64. The second-order valence-corrected chi connectivity index (χ2v) is 6.36. The highest BCUT2D eigenvalue weighted by molar-refractivity contribution is 9.10. The fourth-order valence-corrected chi connectivity index (χ4v) is 3.03. The lowest BCUT2D eigenvalue weighted by Crippen LogP contribution is -2.12.